The highest BCUT2D eigenvalue weighted by Gasteiger charge is 2.05. The number of halogens is 1. The fourth-order valence-corrected chi connectivity index (χ4v) is 1.70. The van der Waals surface area contributed by atoms with Crippen LogP contribution in [0.25, 0.3) is 5.70 Å². The van der Waals surface area contributed by atoms with Gasteiger partial charge in [-0.05, 0) is 12.1 Å². The number of nitrogens with two attached hydrogens (primary N) is 1. The third kappa shape index (κ3) is 2.02. The first-order valence-corrected chi connectivity index (χ1v) is 5.23. The molecule has 3 nitrogen and oxygen atoms in total. The number of hydrogen-bond acceptors (Lipinski definition) is 4. The van der Waals surface area contributed by atoms with Crippen LogP contribution in [-0.4, -0.2) is 5.17 Å². The van der Waals surface area contributed by atoms with Crippen LogP contribution < -0.4 is 11.2 Å². The molecule has 72 valence electrons. The summed E-state index contributed by atoms with van der Waals surface area (Å²) in [7, 11) is 0. The molecule has 3 N–H and O–H groups in total. The molecule has 0 saturated carbocycles. The van der Waals surface area contributed by atoms with E-state index in [-0.39, 0.29) is 0 Å². The highest BCUT2D eigenvalue weighted by Crippen LogP contribution is 2.21. The van der Waals surface area contributed by atoms with Gasteiger partial charge in [-0.3, -0.25) is 5.43 Å². The number of nitrogens with one attached hydrogen (secondary N) is 1. The maximum absolute atomic E-state index is 5.78. The van der Waals surface area contributed by atoms with Crippen molar-refractivity contribution in [3.05, 3.63) is 40.3 Å². The Bertz CT molecular complexity index is 397. The summed E-state index contributed by atoms with van der Waals surface area (Å²) in [4.78, 5) is 0. The minimum atomic E-state index is 0.516. The molecule has 0 atom stereocenters. The number of nitrogens with zero attached hydrogens (tertiary/aromatic N) is 1. The lowest BCUT2D eigenvalue weighted by Gasteiger charge is -2.11. The zero-order chi connectivity index (χ0) is 9.97. The fraction of sp³-hybridized carbons (Fsp3) is 0. The molecule has 1 heterocycles. The van der Waals surface area contributed by atoms with Gasteiger partial charge in [0.2, 0.25) is 0 Å². The van der Waals surface area contributed by atoms with Crippen molar-refractivity contribution in [1.82, 2.24) is 5.43 Å². The average Bonchev–Trinajstić information content (AvgIpc) is 2.21. The van der Waals surface area contributed by atoms with Crippen LogP contribution in [-0.2, 0) is 0 Å². The quantitative estimate of drug-likeness (QED) is 0.771. The van der Waals surface area contributed by atoms with Crippen LogP contribution in [0.4, 0.5) is 0 Å². The van der Waals surface area contributed by atoms with Crippen LogP contribution in [0.3, 0.4) is 0 Å². The number of hydrazone groups is 1. The molecule has 0 amide bonds. The summed E-state index contributed by atoms with van der Waals surface area (Å²) in [5.41, 5.74) is 10.3. The molecule has 0 unspecified atom stereocenters. The molecule has 0 aromatic heterocycles. The Balaban J connectivity index is 2.21. The van der Waals surface area contributed by atoms with Crippen LogP contribution >= 0.6 is 23.4 Å². The SMILES string of the molecule is NC1=NNC(c2ccc(Cl)cc2)=CS1. The van der Waals surface area contributed by atoms with E-state index >= 15 is 0 Å². The van der Waals surface area contributed by atoms with E-state index in [1.54, 1.807) is 0 Å². The molecule has 0 radical (unpaired) electrons. The Morgan fingerprint density at radius 3 is 2.57 bits per heavy atom. The summed E-state index contributed by atoms with van der Waals surface area (Å²) in [5, 5.41) is 7.08. The van der Waals surface area contributed by atoms with Gasteiger partial charge in [-0.15, -0.1) is 0 Å². The molecule has 1 aliphatic rings. The van der Waals surface area contributed by atoms with E-state index in [9.17, 15) is 0 Å². The second kappa shape index (κ2) is 3.94. The predicted molar refractivity (Wildman–Crippen MR) is 61.8 cm³/mol. The molecule has 1 aromatic rings. The summed E-state index contributed by atoms with van der Waals surface area (Å²) in [6.07, 6.45) is 0. The molecule has 0 bridgehead atoms. The Labute approximate surface area is 91.0 Å². The second-order valence-electron chi connectivity index (χ2n) is 2.72. The van der Waals surface area contributed by atoms with Gasteiger partial charge >= 0.3 is 0 Å². The maximum Gasteiger partial charge on any atom is 0.182 e. The monoisotopic (exact) mass is 225 g/mol. The van der Waals surface area contributed by atoms with Crippen LogP contribution in [0.5, 0.6) is 0 Å². The lowest BCUT2D eigenvalue weighted by Crippen LogP contribution is -2.17. The van der Waals surface area contributed by atoms with Crippen molar-refractivity contribution in [3.63, 3.8) is 0 Å². The molecule has 0 fully saturated rings. The average molecular weight is 226 g/mol. The lowest BCUT2D eigenvalue weighted by atomic mass is 10.2. The smallest absolute Gasteiger partial charge is 0.182 e. The third-order valence-corrected chi connectivity index (χ3v) is 2.68. The third-order valence-electron chi connectivity index (χ3n) is 1.74. The van der Waals surface area contributed by atoms with Crippen molar-refractivity contribution in [1.29, 1.82) is 0 Å². The van der Waals surface area contributed by atoms with Gasteiger partial charge in [-0.1, -0.05) is 35.5 Å². The van der Waals surface area contributed by atoms with E-state index in [0.717, 1.165) is 16.3 Å². The molecular weight excluding hydrogens is 218 g/mol. The summed E-state index contributed by atoms with van der Waals surface area (Å²) < 4.78 is 0. The molecule has 14 heavy (non-hydrogen) atoms. The maximum atomic E-state index is 5.78. The number of benzene rings is 1. The summed E-state index contributed by atoms with van der Waals surface area (Å²) in [6.45, 7) is 0. The zero-order valence-corrected chi connectivity index (χ0v) is 8.77. The van der Waals surface area contributed by atoms with E-state index in [0.29, 0.717) is 5.17 Å². The van der Waals surface area contributed by atoms with Crippen LogP contribution in [0.15, 0.2) is 34.8 Å². The van der Waals surface area contributed by atoms with Gasteiger partial charge in [-0.25, -0.2) is 0 Å². The second-order valence-corrected chi connectivity index (χ2v) is 4.04. The molecule has 2 rings (SSSR count). The van der Waals surface area contributed by atoms with Crippen molar-refractivity contribution in [3.8, 4) is 0 Å². The van der Waals surface area contributed by atoms with Crippen LogP contribution in [0, 0.1) is 0 Å². The molecule has 0 saturated heterocycles. The van der Waals surface area contributed by atoms with Crippen molar-refractivity contribution in [2.24, 2.45) is 10.8 Å². The van der Waals surface area contributed by atoms with Crippen molar-refractivity contribution < 1.29 is 0 Å². The molecule has 1 aliphatic heterocycles. The van der Waals surface area contributed by atoms with Gasteiger partial charge in [0.15, 0.2) is 5.17 Å². The van der Waals surface area contributed by atoms with E-state index in [2.05, 4.69) is 10.5 Å². The molecule has 5 heteroatoms. The Morgan fingerprint density at radius 2 is 2.00 bits per heavy atom. The first-order chi connectivity index (χ1) is 6.75. The Morgan fingerprint density at radius 1 is 1.29 bits per heavy atom. The first-order valence-electron chi connectivity index (χ1n) is 3.97. The lowest BCUT2D eigenvalue weighted by molar-refractivity contribution is 0.992. The Kier molecular flexibility index (Phi) is 2.65. The van der Waals surface area contributed by atoms with E-state index in [1.807, 2.05) is 29.7 Å². The van der Waals surface area contributed by atoms with E-state index in [4.69, 9.17) is 17.3 Å². The standard InChI is InChI=1S/C9H8ClN3S/c10-7-3-1-6(2-4-7)8-5-14-9(11)13-12-8/h1-5,12H,(H2,11,13). The predicted octanol–water partition coefficient (Wildman–Crippen LogP) is 2.20. The molecule has 0 aliphatic carbocycles. The fourth-order valence-electron chi connectivity index (χ4n) is 1.05. The molecule has 0 spiro atoms. The number of rotatable bonds is 1. The number of hydrogen-bond donors (Lipinski definition) is 2. The van der Waals surface area contributed by atoms with Crippen molar-refractivity contribution in [2.45, 2.75) is 0 Å². The highest BCUT2D eigenvalue weighted by atomic mass is 35.5. The summed E-state index contributed by atoms with van der Waals surface area (Å²) in [5.74, 6) is 0. The largest absolute Gasteiger partial charge is 0.377 e. The van der Waals surface area contributed by atoms with E-state index < -0.39 is 0 Å². The van der Waals surface area contributed by atoms with Gasteiger partial charge in [0.1, 0.15) is 0 Å². The normalized spacial score (nSPS) is 15.5. The van der Waals surface area contributed by atoms with Gasteiger partial charge in [0.25, 0.3) is 0 Å². The van der Waals surface area contributed by atoms with Crippen molar-refractivity contribution in [2.75, 3.05) is 0 Å². The van der Waals surface area contributed by atoms with Crippen LogP contribution in [0.1, 0.15) is 5.56 Å². The number of amidine groups is 1. The summed E-state index contributed by atoms with van der Waals surface area (Å²) >= 11 is 7.18. The summed E-state index contributed by atoms with van der Waals surface area (Å²) in [6, 6.07) is 7.54. The van der Waals surface area contributed by atoms with Gasteiger partial charge in [0, 0.05) is 16.0 Å². The minimum Gasteiger partial charge on any atom is -0.377 e. The minimum absolute atomic E-state index is 0.516. The number of thioether (sulfide) groups is 1. The first kappa shape index (κ1) is 9.43. The van der Waals surface area contributed by atoms with Gasteiger partial charge in [0.05, 0.1) is 5.70 Å². The highest BCUT2D eigenvalue weighted by molar-refractivity contribution is 8.16. The van der Waals surface area contributed by atoms with Gasteiger partial charge in [-0.2, -0.15) is 5.10 Å². The topological polar surface area (TPSA) is 50.4 Å². The van der Waals surface area contributed by atoms with E-state index in [1.165, 1.54) is 11.8 Å². The molecule has 1 aromatic carbocycles. The Hall–Kier alpha value is -1.13. The van der Waals surface area contributed by atoms with Crippen molar-refractivity contribution >= 4 is 34.2 Å². The molecular formula is C9H8ClN3S. The van der Waals surface area contributed by atoms with Crippen LogP contribution in [0.2, 0.25) is 5.02 Å². The van der Waals surface area contributed by atoms with Gasteiger partial charge < -0.3 is 5.73 Å². The zero-order valence-electron chi connectivity index (χ0n) is 7.20.